The molecule has 1 fully saturated rings. The number of nitrogens with two attached hydrogens (primary N) is 1. The van der Waals surface area contributed by atoms with Gasteiger partial charge in [0.15, 0.2) is 0 Å². The fraction of sp³-hybridized carbons (Fsp3) is 0.600. The molecule has 0 aliphatic carbocycles. The summed E-state index contributed by atoms with van der Waals surface area (Å²) in [6, 6.07) is 8.95. The summed E-state index contributed by atoms with van der Waals surface area (Å²) in [7, 11) is 0. The maximum absolute atomic E-state index is 5.78. The van der Waals surface area contributed by atoms with E-state index in [1.54, 1.807) is 0 Å². The maximum Gasteiger partial charge on any atom is 0.123 e. The average Bonchev–Trinajstić information content (AvgIpc) is 2.73. The molecule has 18 heavy (non-hydrogen) atoms. The first kappa shape index (κ1) is 13.4. The molecule has 1 saturated heterocycles. The molecule has 2 atom stereocenters. The third-order valence-corrected chi connectivity index (χ3v) is 3.77. The number of para-hydroxylation sites is 1. The normalized spacial score (nSPS) is 24.4. The van der Waals surface area contributed by atoms with Crippen molar-refractivity contribution >= 4 is 0 Å². The quantitative estimate of drug-likeness (QED) is 0.868. The molecule has 3 heteroatoms. The van der Waals surface area contributed by atoms with E-state index >= 15 is 0 Å². The van der Waals surface area contributed by atoms with Crippen molar-refractivity contribution in [1.29, 1.82) is 0 Å². The van der Waals surface area contributed by atoms with Crippen molar-refractivity contribution in [1.82, 2.24) is 4.90 Å². The number of benzene rings is 1. The van der Waals surface area contributed by atoms with Crippen LogP contribution in [0.2, 0.25) is 0 Å². The second-order valence-electron chi connectivity index (χ2n) is 5.16. The van der Waals surface area contributed by atoms with Gasteiger partial charge in [0.1, 0.15) is 5.75 Å². The number of likely N-dealkylation sites (tertiary alicyclic amines) is 1. The van der Waals surface area contributed by atoms with Crippen molar-refractivity contribution in [2.45, 2.75) is 32.9 Å². The Kier molecular flexibility index (Phi) is 4.61. The van der Waals surface area contributed by atoms with Crippen LogP contribution >= 0.6 is 0 Å². The minimum absolute atomic E-state index is 0.619. The molecule has 1 aliphatic heterocycles. The highest BCUT2D eigenvalue weighted by atomic mass is 16.5. The molecule has 2 N–H and O–H groups in total. The van der Waals surface area contributed by atoms with E-state index < -0.39 is 0 Å². The Labute approximate surface area is 110 Å². The summed E-state index contributed by atoms with van der Waals surface area (Å²) in [4.78, 5) is 2.51. The van der Waals surface area contributed by atoms with E-state index in [0.29, 0.717) is 12.0 Å². The zero-order valence-corrected chi connectivity index (χ0v) is 11.4. The molecule has 2 unspecified atom stereocenters. The van der Waals surface area contributed by atoms with Crippen LogP contribution in [0.5, 0.6) is 5.75 Å². The maximum atomic E-state index is 5.78. The first-order valence-electron chi connectivity index (χ1n) is 6.89. The molecule has 100 valence electrons. The molecule has 1 aliphatic rings. The van der Waals surface area contributed by atoms with Gasteiger partial charge in [0.05, 0.1) is 6.61 Å². The Hall–Kier alpha value is -1.06. The lowest BCUT2D eigenvalue weighted by molar-refractivity contribution is 0.248. The van der Waals surface area contributed by atoms with Gasteiger partial charge in [-0.25, -0.2) is 0 Å². The first-order valence-corrected chi connectivity index (χ1v) is 6.89. The van der Waals surface area contributed by atoms with Crippen molar-refractivity contribution in [3.63, 3.8) is 0 Å². The van der Waals surface area contributed by atoms with Gasteiger partial charge in [-0.1, -0.05) is 18.2 Å². The monoisotopic (exact) mass is 248 g/mol. The molecule has 1 heterocycles. The predicted octanol–water partition coefficient (Wildman–Crippen LogP) is 2.25. The minimum atomic E-state index is 0.619. The largest absolute Gasteiger partial charge is 0.494 e. The van der Waals surface area contributed by atoms with Crippen LogP contribution in [0.1, 0.15) is 25.8 Å². The molecule has 0 aromatic heterocycles. The average molecular weight is 248 g/mol. The van der Waals surface area contributed by atoms with Gasteiger partial charge in [-0.2, -0.15) is 0 Å². The van der Waals surface area contributed by atoms with E-state index in [0.717, 1.165) is 32.0 Å². The molecule has 0 saturated carbocycles. The lowest BCUT2D eigenvalue weighted by Crippen LogP contribution is -2.27. The lowest BCUT2D eigenvalue weighted by Gasteiger charge is -2.22. The van der Waals surface area contributed by atoms with E-state index in [2.05, 4.69) is 30.0 Å². The van der Waals surface area contributed by atoms with Crippen LogP contribution in [0.15, 0.2) is 24.3 Å². The Morgan fingerprint density at radius 1 is 1.39 bits per heavy atom. The molecule has 0 radical (unpaired) electrons. The third kappa shape index (κ3) is 3.03. The molecule has 2 rings (SSSR count). The fourth-order valence-corrected chi connectivity index (χ4v) is 2.76. The number of ether oxygens (including phenoxy) is 1. The van der Waals surface area contributed by atoms with Crippen molar-refractivity contribution in [3.8, 4) is 5.75 Å². The van der Waals surface area contributed by atoms with E-state index in [-0.39, 0.29) is 0 Å². The van der Waals surface area contributed by atoms with Crippen molar-refractivity contribution < 1.29 is 4.74 Å². The highest BCUT2D eigenvalue weighted by Gasteiger charge is 2.28. The van der Waals surface area contributed by atoms with Gasteiger partial charge in [-0.05, 0) is 38.8 Å². The van der Waals surface area contributed by atoms with Crippen LogP contribution in [0, 0.1) is 5.92 Å². The zero-order valence-electron chi connectivity index (χ0n) is 11.4. The Bertz CT molecular complexity index is 381. The van der Waals surface area contributed by atoms with E-state index in [1.807, 2.05) is 13.0 Å². The fourth-order valence-electron chi connectivity index (χ4n) is 2.76. The van der Waals surface area contributed by atoms with Crippen LogP contribution in [0.4, 0.5) is 0 Å². The first-order chi connectivity index (χ1) is 8.74. The van der Waals surface area contributed by atoms with Crippen molar-refractivity contribution in [2.24, 2.45) is 11.7 Å². The molecule has 0 spiro atoms. The number of hydrogen-bond donors (Lipinski definition) is 1. The molecular formula is C15H24N2O. The van der Waals surface area contributed by atoms with Gasteiger partial charge >= 0.3 is 0 Å². The van der Waals surface area contributed by atoms with Gasteiger partial charge in [-0.3, -0.25) is 4.90 Å². The summed E-state index contributed by atoms with van der Waals surface area (Å²) < 4.78 is 5.68. The molecule has 1 aromatic carbocycles. The van der Waals surface area contributed by atoms with Crippen LogP contribution in [-0.2, 0) is 6.54 Å². The van der Waals surface area contributed by atoms with E-state index in [1.165, 1.54) is 12.0 Å². The predicted molar refractivity (Wildman–Crippen MR) is 74.6 cm³/mol. The van der Waals surface area contributed by atoms with Gasteiger partial charge < -0.3 is 10.5 Å². The van der Waals surface area contributed by atoms with Gasteiger partial charge in [0, 0.05) is 24.7 Å². The van der Waals surface area contributed by atoms with E-state index in [4.69, 9.17) is 10.5 Å². The topological polar surface area (TPSA) is 38.5 Å². The van der Waals surface area contributed by atoms with Crippen LogP contribution in [0.3, 0.4) is 0 Å². The molecule has 0 amide bonds. The standard InChI is InChI=1S/C15H24N2O/c1-3-18-15-7-5-4-6-14(15)11-17-10-13(9-16)8-12(17)2/h4-7,12-13H,3,8-11,16H2,1-2H3. The summed E-state index contributed by atoms with van der Waals surface area (Å²) in [5.74, 6) is 1.67. The molecule has 3 nitrogen and oxygen atoms in total. The van der Waals surface area contributed by atoms with Gasteiger partial charge in [-0.15, -0.1) is 0 Å². The van der Waals surface area contributed by atoms with E-state index in [9.17, 15) is 0 Å². The second-order valence-corrected chi connectivity index (χ2v) is 5.16. The summed E-state index contributed by atoms with van der Waals surface area (Å²) in [5.41, 5.74) is 7.06. The summed E-state index contributed by atoms with van der Waals surface area (Å²) in [6.07, 6.45) is 1.22. The Morgan fingerprint density at radius 3 is 2.83 bits per heavy atom. The summed E-state index contributed by atoms with van der Waals surface area (Å²) in [6.45, 7) is 7.91. The number of nitrogens with zero attached hydrogens (tertiary/aromatic N) is 1. The lowest BCUT2D eigenvalue weighted by atomic mass is 10.1. The summed E-state index contributed by atoms with van der Waals surface area (Å²) in [5, 5.41) is 0. The number of hydrogen-bond acceptors (Lipinski definition) is 3. The minimum Gasteiger partial charge on any atom is -0.494 e. The summed E-state index contributed by atoms with van der Waals surface area (Å²) >= 11 is 0. The molecule has 0 bridgehead atoms. The van der Waals surface area contributed by atoms with Crippen LogP contribution < -0.4 is 10.5 Å². The SMILES string of the molecule is CCOc1ccccc1CN1CC(CN)CC1C. The van der Waals surface area contributed by atoms with Crippen molar-refractivity contribution in [3.05, 3.63) is 29.8 Å². The highest BCUT2D eigenvalue weighted by molar-refractivity contribution is 5.33. The van der Waals surface area contributed by atoms with Crippen molar-refractivity contribution in [2.75, 3.05) is 19.7 Å². The second kappa shape index (κ2) is 6.21. The zero-order chi connectivity index (χ0) is 13.0. The number of rotatable bonds is 5. The smallest absolute Gasteiger partial charge is 0.123 e. The van der Waals surface area contributed by atoms with Gasteiger partial charge in [0.25, 0.3) is 0 Å². The third-order valence-electron chi connectivity index (χ3n) is 3.77. The molecular weight excluding hydrogens is 224 g/mol. The Morgan fingerprint density at radius 2 is 2.17 bits per heavy atom. The molecule has 1 aromatic rings. The highest BCUT2D eigenvalue weighted by Crippen LogP contribution is 2.27. The van der Waals surface area contributed by atoms with Crippen LogP contribution in [-0.4, -0.2) is 30.6 Å². The Balaban J connectivity index is 2.05. The van der Waals surface area contributed by atoms with Gasteiger partial charge in [0.2, 0.25) is 0 Å². The van der Waals surface area contributed by atoms with Crippen LogP contribution in [0.25, 0.3) is 0 Å².